The molecule has 1 aliphatic heterocycles. The first-order chi connectivity index (χ1) is 9.20. The van der Waals surface area contributed by atoms with Crippen LogP contribution in [0.1, 0.15) is 15.9 Å². The molecule has 0 unspecified atom stereocenters. The normalized spacial score (nSPS) is 12.7. The van der Waals surface area contributed by atoms with Gasteiger partial charge in [-0.2, -0.15) is 11.8 Å². The smallest absolute Gasteiger partial charge is 0.251 e. The van der Waals surface area contributed by atoms with Crippen molar-refractivity contribution in [3.63, 3.8) is 0 Å². The van der Waals surface area contributed by atoms with Crippen LogP contribution >= 0.6 is 11.8 Å². The Morgan fingerprint density at radius 2 is 2.37 bits per heavy atom. The molecule has 4 nitrogen and oxygen atoms in total. The number of hydrogen-bond acceptors (Lipinski definition) is 3. The molecular formula is C14H16N2O2S. The predicted molar refractivity (Wildman–Crippen MR) is 78.6 cm³/mol. The van der Waals surface area contributed by atoms with Crippen molar-refractivity contribution in [3.8, 4) is 0 Å². The number of nitrogens with one attached hydrogen (secondary N) is 2. The molecule has 0 atom stereocenters. The fourth-order valence-corrected chi connectivity index (χ4v) is 2.44. The van der Waals surface area contributed by atoms with E-state index >= 15 is 0 Å². The number of amides is 2. The van der Waals surface area contributed by atoms with Gasteiger partial charge in [0.25, 0.3) is 5.91 Å². The van der Waals surface area contributed by atoms with Crippen LogP contribution in [0.25, 0.3) is 0 Å². The minimum absolute atomic E-state index is 0.0200. The summed E-state index contributed by atoms with van der Waals surface area (Å²) >= 11 is 1.72. The molecule has 0 aliphatic carbocycles. The first-order valence-electron chi connectivity index (χ1n) is 6.10. The monoisotopic (exact) mass is 276 g/mol. The lowest BCUT2D eigenvalue weighted by molar-refractivity contribution is -0.115. The number of rotatable bonds is 6. The summed E-state index contributed by atoms with van der Waals surface area (Å²) in [4.78, 5) is 23.1. The zero-order valence-corrected chi connectivity index (χ0v) is 11.4. The minimum Gasteiger partial charge on any atom is -0.351 e. The van der Waals surface area contributed by atoms with Crippen molar-refractivity contribution in [2.24, 2.45) is 0 Å². The molecule has 5 heteroatoms. The average molecular weight is 276 g/mol. The summed E-state index contributed by atoms with van der Waals surface area (Å²) < 4.78 is 0. The minimum atomic E-state index is -0.108. The lowest BCUT2D eigenvalue weighted by Gasteiger charge is -2.06. The summed E-state index contributed by atoms with van der Waals surface area (Å²) in [5, 5.41) is 5.60. The Morgan fingerprint density at radius 3 is 3.16 bits per heavy atom. The third-order valence-corrected chi connectivity index (χ3v) is 3.73. The fraction of sp³-hybridized carbons (Fsp3) is 0.286. The summed E-state index contributed by atoms with van der Waals surface area (Å²) in [5.41, 5.74) is 2.27. The number of benzene rings is 1. The van der Waals surface area contributed by atoms with Crippen molar-refractivity contribution < 1.29 is 9.59 Å². The zero-order chi connectivity index (χ0) is 13.7. The van der Waals surface area contributed by atoms with E-state index in [1.54, 1.807) is 23.9 Å². The van der Waals surface area contributed by atoms with Crippen molar-refractivity contribution in [2.75, 3.05) is 23.4 Å². The van der Waals surface area contributed by atoms with Gasteiger partial charge in [0.2, 0.25) is 5.91 Å². The van der Waals surface area contributed by atoms with E-state index in [2.05, 4.69) is 17.2 Å². The Labute approximate surface area is 116 Å². The second-order valence-corrected chi connectivity index (χ2v) is 5.37. The van der Waals surface area contributed by atoms with Crippen LogP contribution in [0.5, 0.6) is 0 Å². The molecule has 2 rings (SSSR count). The predicted octanol–water partition coefficient (Wildman–Crippen LogP) is 1.83. The highest BCUT2D eigenvalue weighted by Gasteiger charge is 2.18. The summed E-state index contributed by atoms with van der Waals surface area (Å²) in [6.07, 6.45) is 2.24. The van der Waals surface area contributed by atoms with E-state index in [1.165, 1.54) is 0 Å². The molecule has 0 spiro atoms. The number of anilines is 1. The Hall–Kier alpha value is -1.75. The average Bonchev–Trinajstić information content (AvgIpc) is 2.77. The molecule has 0 saturated carbocycles. The first kappa shape index (κ1) is 13.7. The van der Waals surface area contributed by atoms with Gasteiger partial charge in [-0.3, -0.25) is 9.59 Å². The van der Waals surface area contributed by atoms with E-state index in [9.17, 15) is 9.59 Å². The van der Waals surface area contributed by atoms with Gasteiger partial charge in [0, 0.05) is 29.3 Å². The molecule has 2 amide bonds. The molecule has 1 aromatic carbocycles. The topological polar surface area (TPSA) is 58.2 Å². The maximum absolute atomic E-state index is 11.9. The van der Waals surface area contributed by atoms with Crippen LogP contribution in [-0.4, -0.2) is 29.9 Å². The highest BCUT2D eigenvalue weighted by atomic mass is 32.2. The number of carbonyl (C=O) groups is 2. The molecular weight excluding hydrogens is 260 g/mol. The van der Waals surface area contributed by atoms with Crippen LogP contribution in [0.4, 0.5) is 5.69 Å². The third-order valence-electron chi connectivity index (χ3n) is 2.76. The number of hydrogen-bond donors (Lipinski definition) is 2. The van der Waals surface area contributed by atoms with Crippen LogP contribution in [0.15, 0.2) is 30.9 Å². The Bertz CT molecular complexity index is 514. The summed E-state index contributed by atoms with van der Waals surface area (Å²) in [6.45, 7) is 4.26. The number of carbonyl (C=O) groups excluding carboxylic acids is 2. The van der Waals surface area contributed by atoms with Crippen LogP contribution in [-0.2, 0) is 11.2 Å². The molecule has 1 aliphatic rings. The molecule has 0 fully saturated rings. The molecule has 1 aromatic rings. The fourth-order valence-electron chi connectivity index (χ4n) is 1.86. The van der Waals surface area contributed by atoms with E-state index in [4.69, 9.17) is 0 Å². The van der Waals surface area contributed by atoms with Crippen LogP contribution < -0.4 is 10.6 Å². The van der Waals surface area contributed by atoms with Crippen molar-refractivity contribution in [3.05, 3.63) is 42.0 Å². The maximum atomic E-state index is 11.9. The van der Waals surface area contributed by atoms with Gasteiger partial charge in [0.05, 0.1) is 6.42 Å². The van der Waals surface area contributed by atoms with Gasteiger partial charge in [-0.15, -0.1) is 6.58 Å². The van der Waals surface area contributed by atoms with E-state index in [0.29, 0.717) is 18.5 Å². The highest BCUT2D eigenvalue weighted by Crippen LogP contribution is 2.23. The van der Waals surface area contributed by atoms with Crippen molar-refractivity contribution in [1.82, 2.24) is 5.32 Å². The standard InChI is InChI=1S/C14H16N2O2S/c1-2-6-19-7-5-15-14(18)11-4-3-10-9-13(17)16-12(10)8-11/h2-4,8H,1,5-7,9H2,(H,15,18)(H,16,17). The summed E-state index contributed by atoms with van der Waals surface area (Å²) in [5.74, 6) is 1.62. The number of thioether (sulfide) groups is 1. The summed E-state index contributed by atoms with van der Waals surface area (Å²) in [7, 11) is 0. The molecule has 0 saturated heterocycles. The third kappa shape index (κ3) is 3.61. The molecule has 100 valence electrons. The second-order valence-electron chi connectivity index (χ2n) is 4.22. The molecule has 0 bridgehead atoms. The van der Waals surface area contributed by atoms with Crippen molar-refractivity contribution in [2.45, 2.75) is 6.42 Å². The Kier molecular flexibility index (Phi) is 4.63. The van der Waals surface area contributed by atoms with E-state index in [-0.39, 0.29) is 11.8 Å². The quantitative estimate of drug-likeness (QED) is 0.615. The molecule has 0 aromatic heterocycles. The van der Waals surface area contributed by atoms with E-state index in [0.717, 1.165) is 22.8 Å². The van der Waals surface area contributed by atoms with E-state index < -0.39 is 0 Å². The molecule has 0 radical (unpaired) electrons. The van der Waals surface area contributed by atoms with Crippen molar-refractivity contribution >= 4 is 29.3 Å². The van der Waals surface area contributed by atoms with Gasteiger partial charge in [0.1, 0.15) is 0 Å². The zero-order valence-electron chi connectivity index (χ0n) is 10.6. The second kappa shape index (κ2) is 6.43. The van der Waals surface area contributed by atoms with Crippen LogP contribution in [0.2, 0.25) is 0 Å². The SMILES string of the molecule is C=CCSCCNC(=O)c1ccc2c(c1)NC(=O)C2. The maximum Gasteiger partial charge on any atom is 0.251 e. The van der Waals surface area contributed by atoms with Gasteiger partial charge in [0.15, 0.2) is 0 Å². The van der Waals surface area contributed by atoms with Crippen LogP contribution in [0.3, 0.4) is 0 Å². The molecule has 19 heavy (non-hydrogen) atoms. The molecule has 1 heterocycles. The van der Waals surface area contributed by atoms with Gasteiger partial charge < -0.3 is 10.6 Å². The molecule has 2 N–H and O–H groups in total. The van der Waals surface area contributed by atoms with Gasteiger partial charge in [-0.1, -0.05) is 12.1 Å². The van der Waals surface area contributed by atoms with Crippen LogP contribution in [0, 0.1) is 0 Å². The van der Waals surface area contributed by atoms with Gasteiger partial charge in [-0.05, 0) is 17.7 Å². The lowest BCUT2D eigenvalue weighted by atomic mass is 10.1. The Morgan fingerprint density at radius 1 is 1.53 bits per heavy atom. The largest absolute Gasteiger partial charge is 0.351 e. The van der Waals surface area contributed by atoms with Gasteiger partial charge >= 0.3 is 0 Å². The Balaban J connectivity index is 1.88. The highest BCUT2D eigenvalue weighted by molar-refractivity contribution is 7.99. The number of fused-ring (bicyclic) bond motifs is 1. The summed E-state index contributed by atoms with van der Waals surface area (Å²) in [6, 6.07) is 5.31. The van der Waals surface area contributed by atoms with Crippen molar-refractivity contribution in [1.29, 1.82) is 0 Å². The van der Waals surface area contributed by atoms with Gasteiger partial charge in [-0.25, -0.2) is 0 Å². The first-order valence-corrected chi connectivity index (χ1v) is 7.26. The lowest BCUT2D eigenvalue weighted by Crippen LogP contribution is -2.25. The van der Waals surface area contributed by atoms with E-state index in [1.807, 2.05) is 12.1 Å².